The summed E-state index contributed by atoms with van der Waals surface area (Å²) in [7, 11) is 1.79. The Morgan fingerprint density at radius 3 is 2.67 bits per heavy atom. The zero-order chi connectivity index (χ0) is 14.7. The van der Waals surface area contributed by atoms with Crippen molar-refractivity contribution in [2.75, 3.05) is 30.8 Å². The van der Waals surface area contributed by atoms with E-state index in [1.54, 1.807) is 7.11 Å². The number of ether oxygens (including phenoxy) is 1. The van der Waals surface area contributed by atoms with Gasteiger partial charge in [-0.15, -0.1) is 0 Å². The lowest BCUT2D eigenvalue weighted by Crippen LogP contribution is -2.45. The average Bonchev–Trinajstić information content (AvgIpc) is 2.47. The van der Waals surface area contributed by atoms with Gasteiger partial charge >= 0.3 is 0 Å². The standard InChI is InChI=1S/C16H22N4O/c1-3-17-15-19-13-8-5-4-7-12(13)14(20-15)18-11-16(21-2)9-6-10-16/h4-5,7-8H,3,6,9-11H2,1-2H3,(H2,17,18,19,20). The molecule has 1 aromatic carbocycles. The van der Waals surface area contributed by atoms with Crippen LogP contribution in [0.25, 0.3) is 10.9 Å². The van der Waals surface area contributed by atoms with Crippen molar-refractivity contribution in [3.63, 3.8) is 0 Å². The maximum atomic E-state index is 5.66. The van der Waals surface area contributed by atoms with Crippen LogP contribution in [0.5, 0.6) is 0 Å². The first-order valence-electron chi connectivity index (χ1n) is 7.56. The monoisotopic (exact) mass is 286 g/mol. The lowest BCUT2D eigenvalue weighted by molar-refractivity contribution is -0.0601. The second-order valence-electron chi connectivity index (χ2n) is 5.54. The molecule has 0 saturated heterocycles. The summed E-state index contributed by atoms with van der Waals surface area (Å²) in [5.41, 5.74) is 0.927. The average molecular weight is 286 g/mol. The fourth-order valence-corrected chi connectivity index (χ4v) is 2.72. The van der Waals surface area contributed by atoms with Gasteiger partial charge in [0.1, 0.15) is 5.82 Å². The van der Waals surface area contributed by atoms with Crippen molar-refractivity contribution >= 4 is 22.7 Å². The minimum atomic E-state index is -0.0234. The van der Waals surface area contributed by atoms with Crippen LogP contribution in [0.2, 0.25) is 0 Å². The van der Waals surface area contributed by atoms with Crippen LogP contribution in [0.3, 0.4) is 0 Å². The van der Waals surface area contributed by atoms with Gasteiger partial charge in [-0.25, -0.2) is 4.98 Å². The maximum Gasteiger partial charge on any atom is 0.225 e. The highest BCUT2D eigenvalue weighted by Crippen LogP contribution is 2.35. The van der Waals surface area contributed by atoms with Crippen LogP contribution in [0.15, 0.2) is 24.3 Å². The predicted molar refractivity (Wildman–Crippen MR) is 85.8 cm³/mol. The van der Waals surface area contributed by atoms with Crippen molar-refractivity contribution in [3.05, 3.63) is 24.3 Å². The molecule has 112 valence electrons. The number of hydrogen-bond donors (Lipinski definition) is 2. The van der Waals surface area contributed by atoms with E-state index in [4.69, 9.17) is 4.74 Å². The molecule has 1 aliphatic carbocycles. The van der Waals surface area contributed by atoms with Crippen LogP contribution in [-0.2, 0) is 4.74 Å². The minimum Gasteiger partial charge on any atom is -0.376 e. The highest BCUT2D eigenvalue weighted by Gasteiger charge is 2.36. The number of fused-ring (bicyclic) bond motifs is 1. The number of nitrogens with zero attached hydrogens (tertiary/aromatic N) is 2. The number of methoxy groups -OCH3 is 1. The first-order valence-corrected chi connectivity index (χ1v) is 7.56. The molecule has 1 aromatic heterocycles. The molecule has 5 heteroatoms. The smallest absolute Gasteiger partial charge is 0.225 e. The molecule has 3 rings (SSSR count). The van der Waals surface area contributed by atoms with Crippen LogP contribution in [0.1, 0.15) is 26.2 Å². The Labute approximate surface area is 125 Å². The molecule has 0 spiro atoms. The van der Waals surface area contributed by atoms with Gasteiger partial charge in [0.05, 0.1) is 11.1 Å². The summed E-state index contributed by atoms with van der Waals surface area (Å²) < 4.78 is 5.66. The van der Waals surface area contributed by atoms with E-state index < -0.39 is 0 Å². The number of hydrogen-bond acceptors (Lipinski definition) is 5. The maximum absolute atomic E-state index is 5.66. The number of benzene rings is 1. The topological polar surface area (TPSA) is 59.1 Å². The fraction of sp³-hybridized carbons (Fsp3) is 0.500. The quantitative estimate of drug-likeness (QED) is 0.854. The SMILES string of the molecule is CCNc1nc(NCC2(OC)CCC2)c2ccccc2n1. The van der Waals surface area contributed by atoms with Crippen molar-refractivity contribution in [2.45, 2.75) is 31.8 Å². The zero-order valence-electron chi connectivity index (χ0n) is 12.6. The van der Waals surface area contributed by atoms with Crippen LogP contribution >= 0.6 is 0 Å². The van der Waals surface area contributed by atoms with Gasteiger partial charge in [-0.3, -0.25) is 0 Å². The second-order valence-corrected chi connectivity index (χ2v) is 5.54. The molecule has 0 radical (unpaired) electrons. The van der Waals surface area contributed by atoms with Gasteiger partial charge in [0.25, 0.3) is 0 Å². The van der Waals surface area contributed by atoms with Crippen molar-refractivity contribution < 1.29 is 4.74 Å². The molecule has 0 atom stereocenters. The number of rotatable bonds is 6. The summed E-state index contributed by atoms with van der Waals surface area (Å²) in [4.78, 5) is 9.13. The van der Waals surface area contributed by atoms with Gasteiger partial charge in [0.15, 0.2) is 0 Å². The molecule has 0 bridgehead atoms. The Hall–Kier alpha value is -1.88. The van der Waals surface area contributed by atoms with Crippen LogP contribution in [0.4, 0.5) is 11.8 Å². The molecule has 0 unspecified atom stereocenters. The first kappa shape index (κ1) is 14.1. The van der Waals surface area contributed by atoms with Gasteiger partial charge in [-0.2, -0.15) is 4.98 Å². The summed E-state index contributed by atoms with van der Waals surface area (Å²) in [5, 5.41) is 7.70. The van der Waals surface area contributed by atoms with Gasteiger partial charge < -0.3 is 15.4 Å². The Morgan fingerprint density at radius 1 is 1.19 bits per heavy atom. The molecule has 1 fully saturated rings. The van der Waals surface area contributed by atoms with Gasteiger partial charge in [-0.05, 0) is 38.3 Å². The Kier molecular flexibility index (Phi) is 3.92. The van der Waals surface area contributed by atoms with Gasteiger partial charge in [0.2, 0.25) is 5.95 Å². The van der Waals surface area contributed by atoms with Crippen LogP contribution in [0, 0.1) is 0 Å². The molecule has 1 aliphatic rings. The third-order valence-corrected chi connectivity index (χ3v) is 4.21. The summed E-state index contributed by atoms with van der Waals surface area (Å²) in [6, 6.07) is 8.07. The summed E-state index contributed by atoms with van der Waals surface area (Å²) in [6.07, 6.45) is 3.46. The highest BCUT2D eigenvalue weighted by atomic mass is 16.5. The largest absolute Gasteiger partial charge is 0.376 e. The van der Waals surface area contributed by atoms with E-state index in [2.05, 4.69) is 20.6 Å². The Morgan fingerprint density at radius 2 is 2.00 bits per heavy atom. The summed E-state index contributed by atoms with van der Waals surface area (Å²) in [5.74, 6) is 1.54. The van der Waals surface area contributed by atoms with E-state index >= 15 is 0 Å². The molecule has 0 amide bonds. The number of aromatic nitrogens is 2. The van der Waals surface area contributed by atoms with Crippen molar-refractivity contribution in [1.29, 1.82) is 0 Å². The van der Waals surface area contributed by atoms with E-state index in [1.807, 2.05) is 31.2 Å². The van der Waals surface area contributed by atoms with E-state index in [9.17, 15) is 0 Å². The van der Waals surface area contributed by atoms with E-state index in [0.717, 1.165) is 42.7 Å². The van der Waals surface area contributed by atoms with Crippen molar-refractivity contribution in [1.82, 2.24) is 9.97 Å². The predicted octanol–water partition coefficient (Wildman–Crippen LogP) is 3.04. The molecule has 1 saturated carbocycles. The molecule has 2 N–H and O–H groups in total. The number of para-hydroxylation sites is 1. The molecular weight excluding hydrogens is 264 g/mol. The Bertz CT molecular complexity index is 619. The third-order valence-electron chi connectivity index (χ3n) is 4.21. The lowest BCUT2D eigenvalue weighted by atomic mass is 9.80. The number of anilines is 2. The van der Waals surface area contributed by atoms with E-state index in [-0.39, 0.29) is 5.60 Å². The van der Waals surface area contributed by atoms with Crippen LogP contribution in [-0.4, -0.2) is 35.8 Å². The van der Waals surface area contributed by atoms with Crippen molar-refractivity contribution in [2.24, 2.45) is 0 Å². The molecule has 5 nitrogen and oxygen atoms in total. The minimum absolute atomic E-state index is 0.0234. The zero-order valence-corrected chi connectivity index (χ0v) is 12.6. The third kappa shape index (κ3) is 2.78. The van der Waals surface area contributed by atoms with E-state index in [0.29, 0.717) is 5.95 Å². The fourth-order valence-electron chi connectivity index (χ4n) is 2.72. The highest BCUT2D eigenvalue weighted by molar-refractivity contribution is 5.90. The number of nitrogens with one attached hydrogen (secondary N) is 2. The summed E-state index contributed by atoms with van der Waals surface area (Å²) in [6.45, 7) is 3.63. The second kappa shape index (κ2) is 5.85. The van der Waals surface area contributed by atoms with E-state index in [1.165, 1.54) is 6.42 Å². The van der Waals surface area contributed by atoms with Crippen molar-refractivity contribution in [3.8, 4) is 0 Å². The van der Waals surface area contributed by atoms with Gasteiger partial charge in [-0.1, -0.05) is 12.1 Å². The molecule has 1 heterocycles. The summed E-state index contributed by atoms with van der Waals surface area (Å²) >= 11 is 0. The molecule has 21 heavy (non-hydrogen) atoms. The Balaban J connectivity index is 1.88. The van der Waals surface area contributed by atoms with Gasteiger partial charge in [0, 0.05) is 25.6 Å². The van der Waals surface area contributed by atoms with Crippen LogP contribution < -0.4 is 10.6 Å². The lowest BCUT2D eigenvalue weighted by Gasteiger charge is -2.40. The normalized spacial score (nSPS) is 16.5. The molecule has 0 aliphatic heterocycles. The first-order chi connectivity index (χ1) is 10.3. The molecule has 2 aromatic rings. The molecular formula is C16H22N4O.